The smallest absolute Gasteiger partial charge is 0.254 e. The Morgan fingerprint density at radius 2 is 1.60 bits per heavy atom. The maximum absolute atomic E-state index is 13.6. The molecule has 2 aliphatic heterocycles. The van der Waals surface area contributed by atoms with Gasteiger partial charge < -0.3 is 9.80 Å². The van der Waals surface area contributed by atoms with Crippen molar-refractivity contribution >= 4 is 17.4 Å². The Hall–Kier alpha value is -3.67. The normalized spacial score (nSPS) is 18.4. The van der Waals surface area contributed by atoms with Crippen molar-refractivity contribution in [2.75, 3.05) is 24.5 Å². The zero-order chi connectivity index (χ0) is 23.8. The Bertz CT molecular complexity index is 1340. The van der Waals surface area contributed by atoms with E-state index in [0.717, 1.165) is 78.3 Å². The van der Waals surface area contributed by atoms with Crippen LogP contribution < -0.4 is 4.90 Å². The van der Waals surface area contributed by atoms with Gasteiger partial charge in [-0.1, -0.05) is 42.5 Å². The van der Waals surface area contributed by atoms with Gasteiger partial charge in [-0.2, -0.15) is 5.10 Å². The lowest BCUT2D eigenvalue weighted by Crippen LogP contribution is -2.38. The molecule has 0 N–H and O–H groups in total. The molecule has 0 aliphatic carbocycles. The van der Waals surface area contributed by atoms with Crippen LogP contribution in [-0.2, 0) is 0 Å². The van der Waals surface area contributed by atoms with Crippen LogP contribution in [-0.4, -0.2) is 45.0 Å². The van der Waals surface area contributed by atoms with Crippen LogP contribution >= 0.6 is 0 Å². The third-order valence-corrected chi connectivity index (χ3v) is 7.37. The number of carbonyl (C=O) groups excluding carboxylic acids is 1. The van der Waals surface area contributed by atoms with Gasteiger partial charge in [0.2, 0.25) is 0 Å². The maximum atomic E-state index is 13.6. The summed E-state index contributed by atoms with van der Waals surface area (Å²) in [7, 11) is 0. The molecule has 2 saturated heterocycles. The number of hydrogen-bond donors (Lipinski definition) is 0. The maximum Gasteiger partial charge on any atom is 0.254 e. The predicted octanol–water partition coefficient (Wildman–Crippen LogP) is 5.67. The molecular formula is C29H31N5O. The fraction of sp³-hybridized carbons (Fsp3) is 0.345. The fourth-order valence-electron chi connectivity index (χ4n) is 5.51. The monoisotopic (exact) mass is 465 g/mol. The lowest BCUT2D eigenvalue weighted by Gasteiger charge is -2.34. The number of carbonyl (C=O) groups is 1. The number of aromatic nitrogens is 3. The number of nitrogens with zero attached hydrogens (tertiary/aromatic N) is 5. The van der Waals surface area contributed by atoms with Crippen molar-refractivity contribution in [1.82, 2.24) is 19.5 Å². The van der Waals surface area contributed by atoms with Crippen molar-refractivity contribution in [1.29, 1.82) is 0 Å². The quantitative estimate of drug-likeness (QED) is 0.390. The molecule has 0 spiro atoms. The third kappa shape index (κ3) is 4.18. The van der Waals surface area contributed by atoms with Crippen LogP contribution in [0.4, 0.5) is 5.82 Å². The van der Waals surface area contributed by atoms with Gasteiger partial charge in [-0.05, 0) is 62.3 Å². The largest absolute Gasteiger partial charge is 0.356 e. The van der Waals surface area contributed by atoms with Crippen LogP contribution in [0.5, 0.6) is 0 Å². The molecule has 4 heterocycles. The first kappa shape index (κ1) is 21.8. The molecule has 2 fully saturated rings. The van der Waals surface area contributed by atoms with Crippen molar-refractivity contribution in [2.45, 2.75) is 45.1 Å². The van der Waals surface area contributed by atoms with Crippen LogP contribution in [0, 0.1) is 6.92 Å². The van der Waals surface area contributed by atoms with E-state index in [1.165, 1.54) is 12.8 Å². The van der Waals surface area contributed by atoms with Crippen molar-refractivity contribution in [2.24, 2.45) is 0 Å². The molecule has 1 atom stereocenters. The molecule has 0 bridgehead atoms. The molecule has 6 nitrogen and oxygen atoms in total. The van der Waals surface area contributed by atoms with Crippen LogP contribution in [0.2, 0.25) is 0 Å². The van der Waals surface area contributed by atoms with Gasteiger partial charge >= 0.3 is 0 Å². The number of amides is 1. The zero-order valence-corrected chi connectivity index (χ0v) is 20.2. The average molecular weight is 466 g/mol. The number of benzene rings is 2. The standard InChI is InChI=1S/C29H31N5O/c1-21-20-34-27(30-28(21)32-16-7-8-17-32)19-25(31-34)26-11-5-6-18-33(26)29(35)24-14-12-23(13-15-24)22-9-3-2-4-10-22/h2-4,9-10,12-15,19-20,26H,5-8,11,16-18H2,1H3/t26-/m0/s1. The molecule has 0 radical (unpaired) electrons. The van der Waals surface area contributed by atoms with Crippen LogP contribution in [0.3, 0.4) is 0 Å². The SMILES string of the molecule is Cc1cn2nc([C@@H]3CCCCN3C(=O)c3ccc(-c4ccccc4)cc3)cc2nc1N1CCCC1. The summed E-state index contributed by atoms with van der Waals surface area (Å²) in [5.41, 5.74) is 5.94. The van der Waals surface area contributed by atoms with Crippen LogP contribution in [0.25, 0.3) is 16.8 Å². The Labute approximate surface area is 206 Å². The molecule has 35 heavy (non-hydrogen) atoms. The second-order valence-corrected chi connectivity index (χ2v) is 9.77. The third-order valence-electron chi connectivity index (χ3n) is 7.37. The van der Waals surface area contributed by atoms with Gasteiger partial charge in [0.25, 0.3) is 5.91 Å². The lowest BCUT2D eigenvalue weighted by atomic mass is 9.97. The molecule has 6 heteroatoms. The summed E-state index contributed by atoms with van der Waals surface area (Å²) in [6.45, 7) is 5.00. The highest BCUT2D eigenvalue weighted by molar-refractivity contribution is 5.95. The second-order valence-electron chi connectivity index (χ2n) is 9.77. The van der Waals surface area contributed by atoms with E-state index in [9.17, 15) is 4.79 Å². The van der Waals surface area contributed by atoms with E-state index >= 15 is 0 Å². The number of hydrogen-bond acceptors (Lipinski definition) is 4. The van der Waals surface area contributed by atoms with Crippen molar-refractivity contribution in [3.8, 4) is 11.1 Å². The highest BCUT2D eigenvalue weighted by atomic mass is 16.2. The summed E-state index contributed by atoms with van der Waals surface area (Å²) >= 11 is 0. The molecular weight excluding hydrogens is 434 g/mol. The topological polar surface area (TPSA) is 53.7 Å². The summed E-state index contributed by atoms with van der Waals surface area (Å²) in [5, 5.41) is 4.89. The molecule has 2 aromatic carbocycles. The van der Waals surface area contributed by atoms with Gasteiger partial charge in [-0.3, -0.25) is 4.79 Å². The zero-order valence-electron chi connectivity index (χ0n) is 20.2. The number of piperidine rings is 1. The van der Waals surface area contributed by atoms with E-state index in [2.05, 4.69) is 36.2 Å². The summed E-state index contributed by atoms with van der Waals surface area (Å²) in [4.78, 5) is 22.9. The number of rotatable bonds is 4. The Morgan fingerprint density at radius 1 is 0.886 bits per heavy atom. The number of aryl methyl sites for hydroxylation is 1. The van der Waals surface area contributed by atoms with Crippen LogP contribution in [0.15, 0.2) is 66.9 Å². The minimum absolute atomic E-state index is 0.0257. The highest BCUT2D eigenvalue weighted by Gasteiger charge is 2.31. The predicted molar refractivity (Wildman–Crippen MR) is 139 cm³/mol. The number of fused-ring (bicyclic) bond motifs is 1. The minimum atomic E-state index is -0.0257. The Morgan fingerprint density at radius 3 is 2.37 bits per heavy atom. The van der Waals surface area contributed by atoms with Gasteiger partial charge in [-0.15, -0.1) is 0 Å². The summed E-state index contributed by atoms with van der Waals surface area (Å²) in [5.74, 6) is 1.14. The molecule has 4 aromatic rings. The molecule has 6 rings (SSSR count). The summed E-state index contributed by atoms with van der Waals surface area (Å²) < 4.78 is 1.89. The molecule has 1 amide bonds. The van der Waals surface area contributed by atoms with Gasteiger partial charge in [-0.25, -0.2) is 9.50 Å². The van der Waals surface area contributed by atoms with E-state index in [4.69, 9.17) is 10.1 Å². The number of likely N-dealkylation sites (tertiary alicyclic amines) is 1. The molecule has 178 valence electrons. The van der Waals surface area contributed by atoms with E-state index in [0.29, 0.717) is 0 Å². The fourth-order valence-corrected chi connectivity index (χ4v) is 5.51. The van der Waals surface area contributed by atoms with E-state index in [-0.39, 0.29) is 11.9 Å². The molecule has 0 saturated carbocycles. The first-order valence-corrected chi connectivity index (χ1v) is 12.8. The Balaban J connectivity index is 1.28. The highest BCUT2D eigenvalue weighted by Crippen LogP contribution is 2.33. The molecule has 2 aromatic heterocycles. The Kier molecular flexibility index (Phi) is 5.72. The minimum Gasteiger partial charge on any atom is -0.356 e. The van der Waals surface area contributed by atoms with E-state index < -0.39 is 0 Å². The lowest BCUT2D eigenvalue weighted by molar-refractivity contribution is 0.0605. The summed E-state index contributed by atoms with van der Waals surface area (Å²) in [6, 6.07) is 20.3. The van der Waals surface area contributed by atoms with Gasteiger partial charge in [0.05, 0.1) is 11.7 Å². The van der Waals surface area contributed by atoms with Crippen molar-refractivity contribution < 1.29 is 4.79 Å². The van der Waals surface area contributed by atoms with Gasteiger partial charge in [0.15, 0.2) is 5.65 Å². The van der Waals surface area contributed by atoms with Crippen LogP contribution in [0.1, 0.15) is 59.8 Å². The van der Waals surface area contributed by atoms with E-state index in [1.807, 2.05) is 51.9 Å². The van der Waals surface area contributed by atoms with Crippen molar-refractivity contribution in [3.63, 3.8) is 0 Å². The van der Waals surface area contributed by atoms with Gasteiger partial charge in [0, 0.05) is 43.0 Å². The average Bonchev–Trinajstić information content (AvgIpc) is 3.58. The van der Waals surface area contributed by atoms with Crippen molar-refractivity contribution in [3.05, 3.63) is 83.7 Å². The van der Waals surface area contributed by atoms with E-state index in [1.54, 1.807) is 0 Å². The first-order valence-electron chi connectivity index (χ1n) is 12.8. The molecule has 2 aliphatic rings. The number of anilines is 1. The second kappa shape index (κ2) is 9.17. The first-order chi connectivity index (χ1) is 17.2. The molecule has 0 unspecified atom stereocenters. The van der Waals surface area contributed by atoms with Gasteiger partial charge in [0.1, 0.15) is 5.82 Å². The summed E-state index contributed by atoms with van der Waals surface area (Å²) in [6.07, 6.45) is 7.58.